The Morgan fingerprint density at radius 1 is 0.963 bits per heavy atom. The van der Waals surface area contributed by atoms with Gasteiger partial charge in [-0.2, -0.15) is 0 Å². The van der Waals surface area contributed by atoms with Gasteiger partial charge in [-0.15, -0.1) is 0 Å². The first kappa shape index (κ1) is 17.4. The summed E-state index contributed by atoms with van der Waals surface area (Å²) >= 11 is 1.48. The molecule has 1 atom stereocenters. The number of thioether (sulfide) groups is 1. The van der Waals surface area contributed by atoms with Crippen LogP contribution < -0.4 is 5.56 Å². The van der Waals surface area contributed by atoms with Crippen LogP contribution in [0.5, 0.6) is 0 Å². The third-order valence-corrected chi connectivity index (χ3v) is 5.17. The van der Waals surface area contributed by atoms with E-state index in [0.717, 1.165) is 17.0 Å². The highest BCUT2D eigenvalue weighted by Crippen LogP contribution is 2.32. The van der Waals surface area contributed by atoms with Gasteiger partial charge in [0, 0.05) is 11.3 Å². The van der Waals surface area contributed by atoms with Crippen LogP contribution >= 0.6 is 11.8 Å². The molecule has 4 aromatic rings. The number of H-pyrrole nitrogens is 1. The summed E-state index contributed by atoms with van der Waals surface area (Å²) in [6, 6.07) is 19.3. The number of nitrogens with zero attached hydrogens (tertiary/aromatic N) is 3. The second kappa shape index (κ2) is 7.32. The molecular weight excluding hydrogens is 356 g/mol. The highest BCUT2D eigenvalue weighted by Gasteiger charge is 2.15. The Hall–Kier alpha value is -2.99. The Morgan fingerprint density at radius 2 is 1.70 bits per heavy atom. The van der Waals surface area contributed by atoms with Gasteiger partial charge in [0.1, 0.15) is 5.82 Å². The van der Waals surface area contributed by atoms with Crippen LogP contribution in [-0.4, -0.2) is 19.9 Å². The van der Waals surface area contributed by atoms with Crippen molar-refractivity contribution >= 4 is 22.7 Å². The number of nitrogens with one attached hydrogen (secondary N) is 1. The monoisotopic (exact) mass is 374 g/mol. The quantitative estimate of drug-likeness (QED) is 0.419. The van der Waals surface area contributed by atoms with Gasteiger partial charge in [-0.05, 0) is 32.0 Å². The summed E-state index contributed by atoms with van der Waals surface area (Å²) in [6.07, 6.45) is 0. The van der Waals surface area contributed by atoms with Crippen LogP contribution in [0.25, 0.3) is 22.2 Å². The second-order valence-electron chi connectivity index (χ2n) is 6.27. The van der Waals surface area contributed by atoms with E-state index < -0.39 is 0 Å². The van der Waals surface area contributed by atoms with Crippen molar-refractivity contribution in [3.8, 4) is 11.3 Å². The van der Waals surface area contributed by atoms with E-state index in [2.05, 4.69) is 19.9 Å². The van der Waals surface area contributed by atoms with Crippen molar-refractivity contribution in [3.63, 3.8) is 0 Å². The molecule has 0 aliphatic rings. The van der Waals surface area contributed by atoms with Crippen molar-refractivity contribution in [2.75, 3.05) is 0 Å². The molecule has 0 saturated carbocycles. The largest absolute Gasteiger partial charge is 0.309 e. The molecule has 0 radical (unpaired) electrons. The standard InChI is InChI=1S/C21H18N4OS/c1-13-12-18(15-8-4-3-5-9-15)24-21(22-13)27-14(2)19-23-17-11-7-6-10-16(17)20(26)25-19/h3-12,14H,1-2H3,(H,23,25,26)/t14-/m0/s1. The molecular formula is C21H18N4OS. The van der Waals surface area contributed by atoms with Crippen LogP contribution in [0.1, 0.15) is 23.7 Å². The van der Waals surface area contributed by atoms with Gasteiger partial charge in [0.05, 0.1) is 21.8 Å². The predicted molar refractivity (Wildman–Crippen MR) is 109 cm³/mol. The normalized spacial score (nSPS) is 12.2. The number of benzene rings is 2. The summed E-state index contributed by atoms with van der Waals surface area (Å²) in [6.45, 7) is 3.95. The van der Waals surface area contributed by atoms with Gasteiger partial charge in [0.25, 0.3) is 5.56 Å². The number of fused-ring (bicyclic) bond motifs is 1. The minimum atomic E-state index is -0.127. The van der Waals surface area contributed by atoms with E-state index >= 15 is 0 Å². The molecule has 2 aromatic heterocycles. The maximum Gasteiger partial charge on any atom is 0.258 e. The summed E-state index contributed by atoms with van der Waals surface area (Å²) in [4.78, 5) is 29.0. The molecule has 0 unspecified atom stereocenters. The summed E-state index contributed by atoms with van der Waals surface area (Å²) in [5, 5.41) is 1.17. The van der Waals surface area contributed by atoms with Gasteiger partial charge >= 0.3 is 0 Å². The molecule has 0 fully saturated rings. The number of hydrogen-bond acceptors (Lipinski definition) is 5. The first-order chi connectivity index (χ1) is 13.1. The molecule has 6 heteroatoms. The molecule has 134 valence electrons. The predicted octanol–water partition coefficient (Wildman–Crippen LogP) is 4.54. The average molecular weight is 374 g/mol. The Balaban J connectivity index is 1.66. The van der Waals surface area contributed by atoms with E-state index in [0.29, 0.717) is 21.9 Å². The summed E-state index contributed by atoms with van der Waals surface area (Å²) < 4.78 is 0. The van der Waals surface area contributed by atoms with Crippen LogP contribution in [0, 0.1) is 6.92 Å². The third-order valence-electron chi connectivity index (χ3n) is 4.20. The number of aryl methyl sites for hydroxylation is 1. The maximum atomic E-state index is 12.3. The number of aromatic nitrogens is 4. The number of hydrogen-bond donors (Lipinski definition) is 1. The Kier molecular flexibility index (Phi) is 4.73. The van der Waals surface area contributed by atoms with Gasteiger partial charge < -0.3 is 4.98 Å². The van der Waals surface area contributed by atoms with Crippen LogP contribution in [-0.2, 0) is 0 Å². The number of rotatable bonds is 4. The first-order valence-corrected chi connectivity index (χ1v) is 9.55. The molecule has 1 N–H and O–H groups in total. The van der Waals surface area contributed by atoms with E-state index in [9.17, 15) is 4.79 Å². The summed E-state index contributed by atoms with van der Waals surface area (Å²) in [5.41, 5.74) is 3.41. The smallest absolute Gasteiger partial charge is 0.258 e. The molecule has 2 aromatic carbocycles. The van der Waals surface area contributed by atoms with Crippen molar-refractivity contribution in [1.82, 2.24) is 19.9 Å². The lowest BCUT2D eigenvalue weighted by atomic mass is 10.1. The molecule has 0 bridgehead atoms. The molecule has 0 saturated heterocycles. The number of para-hydroxylation sites is 1. The summed E-state index contributed by atoms with van der Waals surface area (Å²) in [5.74, 6) is 0.620. The molecule has 0 spiro atoms. The first-order valence-electron chi connectivity index (χ1n) is 8.67. The van der Waals surface area contributed by atoms with Crippen molar-refractivity contribution in [2.24, 2.45) is 0 Å². The zero-order valence-electron chi connectivity index (χ0n) is 15.0. The topological polar surface area (TPSA) is 71.5 Å². The fourth-order valence-electron chi connectivity index (χ4n) is 2.86. The Labute approximate surface area is 160 Å². The highest BCUT2D eigenvalue weighted by atomic mass is 32.2. The van der Waals surface area contributed by atoms with Crippen LogP contribution in [0.2, 0.25) is 0 Å². The zero-order chi connectivity index (χ0) is 18.8. The van der Waals surface area contributed by atoms with Crippen LogP contribution in [0.15, 0.2) is 70.6 Å². The fourth-order valence-corrected chi connectivity index (χ4v) is 3.75. The molecule has 0 amide bonds. The van der Waals surface area contributed by atoms with Gasteiger partial charge in [-0.25, -0.2) is 15.0 Å². The zero-order valence-corrected chi connectivity index (χ0v) is 15.8. The van der Waals surface area contributed by atoms with E-state index in [1.54, 1.807) is 6.07 Å². The third kappa shape index (κ3) is 3.75. The minimum Gasteiger partial charge on any atom is -0.309 e. The van der Waals surface area contributed by atoms with Gasteiger partial charge in [-0.3, -0.25) is 4.79 Å². The number of aromatic amines is 1. The molecule has 4 rings (SSSR count). The van der Waals surface area contributed by atoms with Crippen LogP contribution in [0.4, 0.5) is 0 Å². The van der Waals surface area contributed by atoms with E-state index in [-0.39, 0.29) is 10.8 Å². The van der Waals surface area contributed by atoms with Crippen LogP contribution in [0.3, 0.4) is 0 Å². The molecule has 27 heavy (non-hydrogen) atoms. The highest BCUT2D eigenvalue weighted by molar-refractivity contribution is 7.99. The SMILES string of the molecule is Cc1cc(-c2ccccc2)nc(S[C@@H](C)c2nc3ccccc3c(=O)[nH]2)n1. The second-order valence-corrected chi connectivity index (χ2v) is 7.58. The van der Waals surface area contributed by atoms with Gasteiger partial charge in [0.15, 0.2) is 5.16 Å². The maximum absolute atomic E-state index is 12.3. The van der Waals surface area contributed by atoms with Gasteiger partial charge in [-0.1, -0.05) is 54.2 Å². The van der Waals surface area contributed by atoms with Crippen molar-refractivity contribution in [3.05, 3.63) is 82.5 Å². The van der Waals surface area contributed by atoms with Crippen molar-refractivity contribution in [1.29, 1.82) is 0 Å². The fraction of sp³-hybridized carbons (Fsp3) is 0.143. The van der Waals surface area contributed by atoms with E-state index in [4.69, 9.17) is 0 Å². The Bertz CT molecular complexity index is 1160. The molecule has 0 aliphatic carbocycles. The van der Waals surface area contributed by atoms with Gasteiger partial charge in [0.2, 0.25) is 0 Å². The van der Waals surface area contributed by atoms with Crippen molar-refractivity contribution in [2.45, 2.75) is 24.3 Å². The van der Waals surface area contributed by atoms with E-state index in [1.807, 2.05) is 68.4 Å². The lowest BCUT2D eigenvalue weighted by Crippen LogP contribution is -2.13. The van der Waals surface area contributed by atoms with E-state index in [1.165, 1.54) is 11.8 Å². The average Bonchev–Trinajstić information content (AvgIpc) is 2.68. The molecule has 0 aliphatic heterocycles. The van der Waals surface area contributed by atoms with Crippen molar-refractivity contribution < 1.29 is 0 Å². The molecule has 2 heterocycles. The lowest BCUT2D eigenvalue weighted by molar-refractivity contribution is 0.892. The molecule has 5 nitrogen and oxygen atoms in total. The lowest BCUT2D eigenvalue weighted by Gasteiger charge is -2.11. The Morgan fingerprint density at radius 3 is 2.52 bits per heavy atom. The summed E-state index contributed by atoms with van der Waals surface area (Å²) in [7, 11) is 0. The minimum absolute atomic E-state index is 0.0901.